The summed E-state index contributed by atoms with van der Waals surface area (Å²) in [4.78, 5) is 29.0. The van der Waals surface area contributed by atoms with Gasteiger partial charge in [0.15, 0.2) is 6.61 Å². The molecular formula is C21H24FN3O3. The number of rotatable bonds is 7. The molecule has 2 aromatic rings. The topological polar surface area (TPSA) is 85.5 Å². The van der Waals surface area contributed by atoms with Gasteiger partial charge in [-0.2, -0.15) is 0 Å². The summed E-state index contributed by atoms with van der Waals surface area (Å²) in [5, 5.41) is 0. The molecule has 0 aliphatic carbocycles. The van der Waals surface area contributed by atoms with E-state index in [0.717, 1.165) is 49.3 Å². The molecule has 1 saturated heterocycles. The highest BCUT2D eigenvalue weighted by atomic mass is 19.1. The third-order valence-corrected chi connectivity index (χ3v) is 5.00. The Bertz CT molecular complexity index is 801. The summed E-state index contributed by atoms with van der Waals surface area (Å²) >= 11 is 0. The molecule has 2 heterocycles. The van der Waals surface area contributed by atoms with Crippen molar-refractivity contribution in [2.24, 2.45) is 11.7 Å². The molecule has 3 rings (SSSR count). The molecule has 1 fully saturated rings. The number of halogens is 1. The Hall–Kier alpha value is -2.96. The Balaban J connectivity index is 1.46. The van der Waals surface area contributed by atoms with E-state index >= 15 is 0 Å². The maximum Gasteiger partial charge on any atom is 0.306 e. The largest absolute Gasteiger partial charge is 0.456 e. The lowest BCUT2D eigenvalue weighted by molar-refractivity contribution is -0.148. The van der Waals surface area contributed by atoms with Crippen molar-refractivity contribution in [3.05, 3.63) is 48.4 Å². The maximum absolute atomic E-state index is 13.0. The van der Waals surface area contributed by atoms with Crippen molar-refractivity contribution >= 4 is 17.7 Å². The summed E-state index contributed by atoms with van der Waals surface area (Å²) in [6.07, 6.45) is 4.82. The van der Waals surface area contributed by atoms with Gasteiger partial charge in [-0.15, -0.1) is 0 Å². The number of benzene rings is 1. The smallest absolute Gasteiger partial charge is 0.306 e. The van der Waals surface area contributed by atoms with Crippen molar-refractivity contribution < 1.29 is 18.7 Å². The molecule has 1 aliphatic rings. The minimum absolute atomic E-state index is 0.252. The first-order valence-electron chi connectivity index (χ1n) is 9.42. The van der Waals surface area contributed by atoms with Crippen LogP contribution in [0.4, 0.5) is 10.2 Å². The van der Waals surface area contributed by atoms with Crippen molar-refractivity contribution in [3.63, 3.8) is 0 Å². The van der Waals surface area contributed by atoms with Crippen LogP contribution in [0.2, 0.25) is 0 Å². The predicted molar refractivity (Wildman–Crippen MR) is 104 cm³/mol. The van der Waals surface area contributed by atoms with Crippen LogP contribution in [0.25, 0.3) is 11.1 Å². The maximum atomic E-state index is 13.0. The van der Waals surface area contributed by atoms with Gasteiger partial charge in [0.2, 0.25) is 0 Å². The van der Waals surface area contributed by atoms with Gasteiger partial charge in [0.05, 0.1) is 0 Å². The molecule has 28 heavy (non-hydrogen) atoms. The van der Waals surface area contributed by atoms with Crippen LogP contribution in [0.15, 0.2) is 42.6 Å². The molecule has 0 bridgehead atoms. The highest BCUT2D eigenvalue weighted by molar-refractivity contribution is 5.78. The van der Waals surface area contributed by atoms with Gasteiger partial charge < -0.3 is 15.4 Å². The van der Waals surface area contributed by atoms with Crippen molar-refractivity contribution in [2.75, 3.05) is 24.6 Å². The van der Waals surface area contributed by atoms with Crippen molar-refractivity contribution in [3.8, 4) is 11.1 Å². The van der Waals surface area contributed by atoms with Gasteiger partial charge in [0, 0.05) is 31.3 Å². The van der Waals surface area contributed by atoms with Gasteiger partial charge in [-0.25, -0.2) is 9.37 Å². The molecule has 2 N–H and O–H groups in total. The number of ether oxygens (including phenoxy) is 1. The summed E-state index contributed by atoms with van der Waals surface area (Å²) in [5.41, 5.74) is 6.84. The Morgan fingerprint density at radius 1 is 1.11 bits per heavy atom. The van der Waals surface area contributed by atoms with E-state index in [2.05, 4.69) is 9.88 Å². The van der Waals surface area contributed by atoms with E-state index < -0.39 is 5.91 Å². The van der Waals surface area contributed by atoms with Crippen molar-refractivity contribution in [1.82, 2.24) is 4.98 Å². The van der Waals surface area contributed by atoms with Gasteiger partial charge in [-0.1, -0.05) is 12.1 Å². The van der Waals surface area contributed by atoms with E-state index in [1.807, 2.05) is 18.3 Å². The number of aromatic nitrogens is 1. The summed E-state index contributed by atoms with van der Waals surface area (Å²) in [6.45, 7) is 1.41. The zero-order valence-corrected chi connectivity index (χ0v) is 15.6. The molecule has 1 aromatic carbocycles. The fraction of sp³-hybridized carbons (Fsp3) is 0.381. The van der Waals surface area contributed by atoms with Gasteiger partial charge in [0.25, 0.3) is 5.91 Å². The molecule has 0 saturated carbocycles. The Morgan fingerprint density at radius 2 is 1.79 bits per heavy atom. The lowest BCUT2D eigenvalue weighted by Gasteiger charge is -2.32. The molecule has 0 atom stereocenters. The molecule has 1 amide bonds. The van der Waals surface area contributed by atoms with E-state index in [0.29, 0.717) is 12.3 Å². The van der Waals surface area contributed by atoms with E-state index in [9.17, 15) is 14.0 Å². The minimum atomic E-state index is -0.639. The van der Waals surface area contributed by atoms with Crippen LogP contribution in [0.5, 0.6) is 0 Å². The van der Waals surface area contributed by atoms with Crippen molar-refractivity contribution in [1.29, 1.82) is 0 Å². The summed E-state index contributed by atoms with van der Waals surface area (Å²) in [5.74, 6) is 0.109. The fourth-order valence-electron chi connectivity index (χ4n) is 3.38. The molecule has 7 heteroatoms. The second-order valence-electron chi connectivity index (χ2n) is 7.01. The molecule has 1 aromatic heterocycles. The average Bonchev–Trinajstić information content (AvgIpc) is 2.72. The predicted octanol–water partition coefficient (Wildman–Crippen LogP) is 2.91. The number of piperidine rings is 1. The van der Waals surface area contributed by atoms with Gasteiger partial charge >= 0.3 is 5.97 Å². The number of amides is 1. The Kier molecular flexibility index (Phi) is 6.57. The Morgan fingerprint density at radius 3 is 2.39 bits per heavy atom. The third-order valence-electron chi connectivity index (χ3n) is 5.00. The molecule has 6 nitrogen and oxygen atoms in total. The van der Waals surface area contributed by atoms with E-state index in [-0.39, 0.29) is 18.4 Å². The number of primary amides is 1. The number of pyridine rings is 1. The first-order valence-corrected chi connectivity index (χ1v) is 9.42. The molecular weight excluding hydrogens is 361 g/mol. The van der Waals surface area contributed by atoms with E-state index in [1.54, 1.807) is 12.1 Å². The highest BCUT2D eigenvalue weighted by Gasteiger charge is 2.21. The minimum Gasteiger partial charge on any atom is -0.456 e. The standard InChI is InChI=1S/C21H24FN3O3/c22-18-5-2-16(3-6-18)17-4-7-20(24-13-17)25-11-9-15(10-12-25)1-8-21(27)28-14-19(23)26/h2-7,13,15H,1,8-12,14H2,(H2,23,26). The second-order valence-corrected chi connectivity index (χ2v) is 7.01. The number of hydrogen-bond donors (Lipinski definition) is 1. The molecule has 148 valence electrons. The van der Waals surface area contributed by atoms with Crippen LogP contribution < -0.4 is 10.6 Å². The first-order chi connectivity index (χ1) is 13.5. The zero-order valence-electron chi connectivity index (χ0n) is 15.6. The zero-order chi connectivity index (χ0) is 19.9. The molecule has 0 radical (unpaired) electrons. The number of carbonyl (C=O) groups is 2. The number of hydrogen-bond acceptors (Lipinski definition) is 5. The van der Waals surface area contributed by atoms with Crippen LogP contribution in [-0.2, 0) is 14.3 Å². The van der Waals surface area contributed by atoms with Gasteiger partial charge in [-0.3, -0.25) is 9.59 Å². The monoisotopic (exact) mass is 385 g/mol. The second kappa shape index (κ2) is 9.30. The van der Waals surface area contributed by atoms with E-state index in [4.69, 9.17) is 10.5 Å². The lowest BCUT2D eigenvalue weighted by Crippen LogP contribution is -2.34. The quantitative estimate of drug-likeness (QED) is 0.741. The van der Waals surface area contributed by atoms with Crippen LogP contribution in [0.1, 0.15) is 25.7 Å². The fourth-order valence-corrected chi connectivity index (χ4v) is 3.38. The first kappa shape index (κ1) is 19.8. The lowest BCUT2D eigenvalue weighted by atomic mass is 9.92. The molecule has 0 unspecified atom stereocenters. The number of carbonyl (C=O) groups excluding carboxylic acids is 2. The van der Waals surface area contributed by atoms with Crippen LogP contribution >= 0.6 is 0 Å². The summed E-state index contributed by atoms with van der Waals surface area (Å²) in [6, 6.07) is 10.4. The van der Waals surface area contributed by atoms with Crippen molar-refractivity contribution in [2.45, 2.75) is 25.7 Å². The SMILES string of the molecule is NC(=O)COC(=O)CCC1CCN(c2ccc(-c3ccc(F)cc3)cn2)CC1. The normalized spacial score (nSPS) is 14.7. The number of nitrogens with zero attached hydrogens (tertiary/aromatic N) is 2. The number of nitrogens with two attached hydrogens (primary N) is 1. The number of esters is 1. The molecule has 0 spiro atoms. The molecule has 1 aliphatic heterocycles. The summed E-state index contributed by atoms with van der Waals surface area (Å²) < 4.78 is 17.8. The third kappa shape index (κ3) is 5.52. The highest BCUT2D eigenvalue weighted by Crippen LogP contribution is 2.27. The van der Waals surface area contributed by atoms with Gasteiger partial charge in [-0.05, 0) is 55.0 Å². The van der Waals surface area contributed by atoms with Crippen LogP contribution in [-0.4, -0.2) is 36.6 Å². The average molecular weight is 385 g/mol. The van der Waals surface area contributed by atoms with Gasteiger partial charge in [0.1, 0.15) is 11.6 Å². The van der Waals surface area contributed by atoms with Crippen LogP contribution in [0.3, 0.4) is 0 Å². The van der Waals surface area contributed by atoms with Crippen LogP contribution in [0, 0.1) is 11.7 Å². The van der Waals surface area contributed by atoms with E-state index in [1.165, 1.54) is 12.1 Å². The summed E-state index contributed by atoms with van der Waals surface area (Å²) in [7, 11) is 0. The Labute approximate surface area is 163 Å². The number of anilines is 1.